The lowest BCUT2D eigenvalue weighted by molar-refractivity contribution is 0.318. The molecule has 0 saturated heterocycles. The van der Waals surface area contributed by atoms with E-state index in [1.165, 1.54) is 57.4 Å². The van der Waals surface area contributed by atoms with E-state index in [0.29, 0.717) is 6.42 Å². The molecule has 0 aliphatic carbocycles. The Morgan fingerprint density at radius 1 is 0.808 bits per heavy atom. The Balaban J connectivity index is 0. The van der Waals surface area contributed by atoms with E-state index in [2.05, 4.69) is 6.92 Å². The second-order valence-corrected chi connectivity index (χ2v) is 7.72. The lowest BCUT2D eigenvalue weighted by Gasteiger charge is -2.07. The number of aliphatic hydroxyl groups is 1. The van der Waals surface area contributed by atoms with E-state index >= 15 is 0 Å². The van der Waals surface area contributed by atoms with Crippen LogP contribution in [0.4, 0.5) is 0 Å². The molecule has 1 aromatic rings. The average Bonchev–Trinajstić information content (AvgIpc) is 2.57. The molecule has 5 nitrogen and oxygen atoms in total. The predicted octanol–water partition coefficient (Wildman–Crippen LogP) is 5.56. The summed E-state index contributed by atoms with van der Waals surface area (Å²) >= 11 is 0. The monoisotopic (exact) mass is 389 g/mol. The fraction of sp³-hybridized carbons (Fsp3) is 0.700. The van der Waals surface area contributed by atoms with Gasteiger partial charge in [-0.05, 0) is 31.4 Å². The maximum absolute atomic E-state index is 11.3. The molecule has 0 aromatic heterocycles. The summed E-state index contributed by atoms with van der Waals surface area (Å²) in [7, 11) is -4.10. The van der Waals surface area contributed by atoms with Crippen molar-refractivity contribution in [2.45, 2.75) is 89.4 Å². The SMILES string of the molecule is CCCCCCCCCCCCc1ccccc1S(=O)(=O)O.CCO.N. The number of rotatable bonds is 12. The standard InChI is InChI=1S/C18H30O3S.C2H6O.H3N/c1-2-3-4-5-6-7-8-9-10-11-14-17-15-12-13-16-18(17)22(19,20)21;1-2-3;/h12-13,15-16H,2-11,14H2,1H3,(H,19,20,21);3H,2H2,1H3;1H3. The van der Waals surface area contributed by atoms with Crippen LogP contribution < -0.4 is 6.15 Å². The summed E-state index contributed by atoms with van der Waals surface area (Å²) in [5, 5.41) is 7.57. The van der Waals surface area contributed by atoms with E-state index in [-0.39, 0.29) is 17.7 Å². The molecule has 0 heterocycles. The lowest BCUT2D eigenvalue weighted by atomic mass is 10.0. The maximum Gasteiger partial charge on any atom is 0.294 e. The van der Waals surface area contributed by atoms with Crippen LogP contribution in [0.2, 0.25) is 0 Å². The van der Waals surface area contributed by atoms with Crippen molar-refractivity contribution in [1.82, 2.24) is 6.15 Å². The number of aliphatic hydroxyl groups excluding tert-OH is 1. The van der Waals surface area contributed by atoms with Crippen molar-refractivity contribution >= 4 is 10.1 Å². The maximum atomic E-state index is 11.3. The Morgan fingerprint density at radius 2 is 1.23 bits per heavy atom. The second kappa shape index (κ2) is 17.5. The summed E-state index contributed by atoms with van der Waals surface area (Å²) < 4.78 is 31.8. The third-order valence-electron chi connectivity index (χ3n) is 4.05. The molecule has 6 heteroatoms. The third-order valence-corrected chi connectivity index (χ3v) is 5.00. The van der Waals surface area contributed by atoms with Crippen LogP contribution in [0.1, 0.15) is 83.6 Å². The predicted molar refractivity (Wildman–Crippen MR) is 110 cm³/mol. The topological polar surface area (TPSA) is 110 Å². The van der Waals surface area contributed by atoms with Gasteiger partial charge in [0.05, 0.1) is 4.90 Å². The van der Waals surface area contributed by atoms with Gasteiger partial charge < -0.3 is 11.3 Å². The third kappa shape index (κ3) is 14.2. The highest BCUT2D eigenvalue weighted by atomic mass is 32.2. The number of unbranched alkanes of at least 4 members (excludes halogenated alkanes) is 9. The van der Waals surface area contributed by atoms with Crippen molar-refractivity contribution < 1.29 is 18.1 Å². The van der Waals surface area contributed by atoms with E-state index in [0.717, 1.165) is 18.4 Å². The minimum Gasteiger partial charge on any atom is -0.397 e. The number of hydrogen-bond acceptors (Lipinski definition) is 4. The molecule has 0 bridgehead atoms. The van der Waals surface area contributed by atoms with Gasteiger partial charge in [-0.25, -0.2) is 0 Å². The molecule has 26 heavy (non-hydrogen) atoms. The van der Waals surface area contributed by atoms with Crippen LogP contribution >= 0.6 is 0 Å². The van der Waals surface area contributed by atoms with E-state index in [4.69, 9.17) is 5.11 Å². The molecule has 0 spiro atoms. The summed E-state index contributed by atoms with van der Waals surface area (Å²) in [5.41, 5.74) is 0.726. The van der Waals surface area contributed by atoms with Gasteiger partial charge in [0.15, 0.2) is 0 Å². The smallest absolute Gasteiger partial charge is 0.294 e. The summed E-state index contributed by atoms with van der Waals surface area (Å²) in [4.78, 5) is 0.0610. The Morgan fingerprint density at radius 3 is 1.69 bits per heavy atom. The number of hydrogen-bond donors (Lipinski definition) is 3. The molecule has 1 aromatic carbocycles. The molecule has 1 rings (SSSR count). The van der Waals surface area contributed by atoms with Crippen molar-refractivity contribution in [2.75, 3.05) is 6.61 Å². The summed E-state index contributed by atoms with van der Waals surface area (Å²) in [6.07, 6.45) is 13.3. The van der Waals surface area contributed by atoms with Crippen LogP contribution in [-0.4, -0.2) is 24.7 Å². The van der Waals surface area contributed by atoms with Gasteiger partial charge in [0.2, 0.25) is 0 Å². The Kier molecular flexibility index (Phi) is 18.3. The van der Waals surface area contributed by atoms with Crippen LogP contribution in [0.5, 0.6) is 0 Å². The first-order valence-corrected chi connectivity index (χ1v) is 11.1. The summed E-state index contributed by atoms with van der Waals surface area (Å²) in [6.45, 7) is 4.17. The van der Waals surface area contributed by atoms with E-state index in [1.54, 1.807) is 19.1 Å². The Bertz CT molecular complexity index is 532. The quantitative estimate of drug-likeness (QED) is 0.320. The van der Waals surface area contributed by atoms with Crippen molar-refractivity contribution in [3.8, 4) is 0 Å². The van der Waals surface area contributed by atoms with Crippen LogP contribution in [0.25, 0.3) is 0 Å². The van der Waals surface area contributed by atoms with Crippen LogP contribution in [0, 0.1) is 0 Å². The first kappa shape index (κ1) is 27.3. The van der Waals surface area contributed by atoms with Gasteiger partial charge in [0.1, 0.15) is 0 Å². The molecular formula is C20H39NO4S. The van der Waals surface area contributed by atoms with Crippen molar-refractivity contribution in [1.29, 1.82) is 0 Å². The first-order chi connectivity index (χ1) is 12.0. The fourth-order valence-corrected chi connectivity index (χ4v) is 3.52. The summed E-state index contributed by atoms with van der Waals surface area (Å²) in [6, 6.07) is 6.73. The molecule has 5 N–H and O–H groups in total. The van der Waals surface area contributed by atoms with E-state index < -0.39 is 10.1 Å². The van der Waals surface area contributed by atoms with Gasteiger partial charge in [0, 0.05) is 6.61 Å². The van der Waals surface area contributed by atoms with Gasteiger partial charge in [-0.2, -0.15) is 8.42 Å². The minimum absolute atomic E-state index is 0. The molecule has 0 atom stereocenters. The van der Waals surface area contributed by atoms with Crippen molar-refractivity contribution in [2.24, 2.45) is 0 Å². The van der Waals surface area contributed by atoms with Crippen LogP contribution in [-0.2, 0) is 16.5 Å². The summed E-state index contributed by atoms with van der Waals surface area (Å²) in [5.74, 6) is 0. The molecular weight excluding hydrogens is 350 g/mol. The Hall–Kier alpha value is -0.950. The molecule has 0 unspecified atom stereocenters. The van der Waals surface area contributed by atoms with Crippen molar-refractivity contribution in [3.63, 3.8) is 0 Å². The van der Waals surface area contributed by atoms with Crippen LogP contribution in [0.15, 0.2) is 29.2 Å². The average molecular weight is 390 g/mol. The number of benzene rings is 1. The zero-order valence-electron chi connectivity index (χ0n) is 16.6. The van der Waals surface area contributed by atoms with Crippen LogP contribution in [0.3, 0.4) is 0 Å². The normalized spacial score (nSPS) is 10.6. The highest BCUT2D eigenvalue weighted by molar-refractivity contribution is 7.85. The molecule has 0 saturated carbocycles. The van der Waals surface area contributed by atoms with Gasteiger partial charge >= 0.3 is 0 Å². The molecule has 154 valence electrons. The zero-order chi connectivity index (χ0) is 19.0. The molecule has 0 fully saturated rings. The molecule has 0 amide bonds. The molecule has 0 aliphatic heterocycles. The van der Waals surface area contributed by atoms with Crippen molar-refractivity contribution in [3.05, 3.63) is 29.8 Å². The van der Waals surface area contributed by atoms with Gasteiger partial charge in [0.25, 0.3) is 10.1 Å². The van der Waals surface area contributed by atoms with E-state index in [9.17, 15) is 13.0 Å². The fourth-order valence-electron chi connectivity index (χ4n) is 2.76. The molecule has 0 aliphatic rings. The van der Waals surface area contributed by atoms with Gasteiger partial charge in [-0.1, -0.05) is 82.9 Å². The first-order valence-electron chi connectivity index (χ1n) is 9.63. The largest absolute Gasteiger partial charge is 0.397 e. The zero-order valence-corrected chi connectivity index (χ0v) is 17.4. The Labute approximate surface area is 160 Å². The highest BCUT2D eigenvalue weighted by Gasteiger charge is 2.13. The van der Waals surface area contributed by atoms with E-state index in [1.807, 2.05) is 6.07 Å². The number of aryl methyl sites for hydroxylation is 1. The lowest BCUT2D eigenvalue weighted by Crippen LogP contribution is -2.03. The van der Waals surface area contributed by atoms with Gasteiger partial charge in [-0.3, -0.25) is 4.55 Å². The molecule has 0 radical (unpaired) electrons. The minimum atomic E-state index is -4.10. The highest BCUT2D eigenvalue weighted by Crippen LogP contribution is 2.18. The van der Waals surface area contributed by atoms with Gasteiger partial charge in [-0.15, -0.1) is 0 Å². The second-order valence-electron chi connectivity index (χ2n) is 6.33.